The molecule has 0 N–H and O–H groups in total. The lowest BCUT2D eigenvalue weighted by Crippen LogP contribution is -2.14. The van der Waals surface area contributed by atoms with Gasteiger partial charge in [0, 0.05) is 34.5 Å². The average Bonchev–Trinajstić information content (AvgIpc) is 3.43. The Morgan fingerprint density at radius 2 is 0.922 bits per heavy atom. The van der Waals surface area contributed by atoms with E-state index in [1.165, 1.54) is 54.6 Å². The molecule has 0 atom stereocenters. The Kier molecular flexibility index (Phi) is 6.49. The lowest BCUT2D eigenvalue weighted by molar-refractivity contribution is 0.661. The predicted octanol–water partition coefficient (Wildman–Crippen LogP) is 11.7. The van der Waals surface area contributed by atoms with E-state index < -0.39 is 0 Å². The fourth-order valence-corrected chi connectivity index (χ4v) is 7.98. The van der Waals surface area contributed by atoms with Crippen LogP contribution in [0.25, 0.3) is 88.7 Å². The van der Waals surface area contributed by atoms with E-state index in [4.69, 9.17) is 15.0 Å². The molecule has 4 nitrogen and oxygen atoms in total. The molecule has 1 aliphatic carbocycles. The fourth-order valence-electron chi connectivity index (χ4n) is 7.98. The number of nitrogens with zero attached hydrogens (tertiary/aromatic N) is 4. The molecule has 10 rings (SSSR count). The largest absolute Gasteiger partial charge is 0.264 e. The number of aromatic nitrogens is 4. The second-order valence-electron chi connectivity index (χ2n) is 13.9. The van der Waals surface area contributed by atoms with Crippen LogP contribution in [0.3, 0.4) is 0 Å². The Morgan fingerprint density at radius 3 is 1.65 bits per heavy atom. The molecule has 0 saturated carbocycles. The summed E-state index contributed by atoms with van der Waals surface area (Å²) in [5.41, 5.74) is 10.3. The van der Waals surface area contributed by atoms with Crippen LogP contribution < -0.4 is 0 Å². The molecule has 0 amide bonds. The number of fused-ring (bicyclic) bond motifs is 9. The summed E-state index contributed by atoms with van der Waals surface area (Å²) in [4.78, 5) is 19.4. The summed E-state index contributed by atoms with van der Waals surface area (Å²) in [6.07, 6.45) is 3.67. The molecule has 4 heteroatoms. The summed E-state index contributed by atoms with van der Waals surface area (Å²) in [6, 6.07) is 51.7. The highest BCUT2D eigenvalue weighted by Crippen LogP contribution is 2.51. The van der Waals surface area contributed by atoms with Crippen molar-refractivity contribution in [2.24, 2.45) is 0 Å². The maximum atomic E-state index is 5.11. The Hall–Kier alpha value is -6.52. The van der Waals surface area contributed by atoms with Crippen LogP contribution in [-0.4, -0.2) is 19.9 Å². The molecular weight excluding hydrogens is 621 g/mol. The third kappa shape index (κ3) is 4.68. The van der Waals surface area contributed by atoms with Crippen LogP contribution in [-0.2, 0) is 5.41 Å². The molecule has 0 spiro atoms. The van der Waals surface area contributed by atoms with Crippen molar-refractivity contribution in [3.05, 3.63) is 169 Å². The molecule has 0 bridgehead atoms. The van der Waals surface area contributed by atoms with Crippen molar-refractivity contribution in [1.82, 2.24) is 19.9 Å². The van der Waals surface area contributed by atoms with Gasteiger partial charge in [-0.3, -0.25) is 4.98 Å². The van der Waals surface area contributed by atoms with Gasteiger partial charge in [0.05, 0.1) is 0 Å². The fraction of sp³-hybridized carbons (Fsp3) is 0.0638. The van der Waals surface area contributed by atoms with Crippen LogP contribution in [0.2, 0.25) is 0 Å². The van der Waals surface area contributed by atoms with Crippen molar-refractivity contribution in [3.63, 3.8) is 0 Å². The van der Waals surface area contributed by atoms with Crippen molar-refractivity contribution in [2.45, 2.75) is 19.3 Å². The molecule has 2 heterocycles. The first-order chi connectivity index (χ1) is 25.0. The van der Waals surface area contributed by atoms with Crippen LogP contribution in [0.1, 0.15) is 25.0 Å². The van der Waals surface area contributed by atoms with E-state index >= 15 is 0 Å². The zero-order valence-electron chi connectivity index (χ0n) is 28.3. The normalized spacial score (nSPS) is 13.1. The van der Waals surface area contributed by atoms with Gasteiger partial charge in [-0.05, 0) is 90.0 Å². The third-order valence-electron chi connectivity index (χ3n) is 10.6. The van der Waals surface area contributed by atoms with Gasteiger partial charge in [0.25, 0.3) is 0 Å². The summed E-state index contributed by atoms with van der Waals surface area (Å²) >= 11 is 0. The lowest BCUT2D eigenvalue weighted by atomic mass is 9.81. The Bertz CT molecular complexity index is 2810. The standard InChI is InChI=1S/C47H32N4/c1-47(2)42-17-9-8-16-37(42)41-26-39-35-15-7-6-14-34(35)38-25-32(22-23-36(38)40(39)27-43(41)47)46-50-44(30-11-4-3-5-12-30)49-45(51-46)31-20-18-29(19-21-31)33-13-10-24-48-28-33/h3-28H,1-2H3. The molecule has 0 fully saturated rings. The maximum Gasteiger partial charge on any atom is 0.164 e. The highest BCUT2D eigenvalue weighted by Gasteiger charge is 2.35. The molecule has 9 aromatic rings. The highest BCUT2D eigenvalue weighted by molar-refractivity contribution is 6.26. The molecule has 51 heavy (non-hydrogen) atoms. The minimum atomic E-state index is -0.0800. The molecule has 240 valence electrons. The van der Waals surface area contributed by atoms with Gasteiger partial charge in [-0.2, -0.15) is 0 Å². The van der Waals surface area contributed by atoms with Crippen LogP contribution in [0.5, 0.6) is 0 Å². The second-order valence-corrected chi connectivity index (χ2v) is 13.9. The van der Waals surface area contributed by atoms with Crippen molar-refractivity contribution in [2.75, 3.05) is 0 Å². The average molecular weight is 653 g/mol. The monoisotopic (exact) mass is 652 g/mol. The van der Waals surface area contributed by atoms with Crippen LogP contribution >= 0.6 is 0 Å². The molecule has 0 radical (unpaired) electrons. The zero-order chi connectivity index (χ0) is 34.1. The molecule has 7 aromatic carbocycles. The van der Waals surface area contributed by atoms with Crippen molar-refractivity contribution in [3.8, 4) is 56.4 Å². The maximum absolute atomic E-state index is 5.11. The molecule has 0 saturated heterocycles. The summed E-state index contributed by atoms with van der Waals surface area (Å²) in [6.45, 7) is 4.69. The molecule has 2 aromatic heterocycles. The van der Waals surface area contributed by atoms with Crippen molar-refractivity contribution < 1.29 is 0 Å². The highest BCUT2D eigenvalue weighted by atomic mass is 15.0. The van der Waals surface area contributed by atoms with Gasteiger partial charge in [0.15, 0.2) is 17.5 Å². The van der Waals surface area contributed by atoms with Gasteiger partial charge in [0.1, 0.15) is 0 Å². The van der Waals surface area contributed by atoms with Crippen LogP contribution in [0.15, 0.2) is 158 Å². The lowest BCUT2D eigenvalue weighted by Gasteiger charge is -2.22. The quantitative estimate of drug-likeness (QED) is 0.178. The van der Waals surface area contributed by atoms with Gasteiger partial charge < -0.3 is 0 Å². The number of rotatable bonds is 4. The van der Waals surface area contributed by atoms with Gasteiger partial charge >= 0.3 is 0 Å². The number of benzene rings is 7. The number of hydrogen-bond donors (Lipinski definition) is 0. The first-order valence-corrected chi connectivity index (χ1v) is 17.4. The SMILES string of the molecule is CC1(C)c2ccccc2-c2cc3c4ccccc4c4cc(-c5nc(-c6ccccc6)nc(-c6ccc(-c7cccnc7)cc6)n5)ccc4c3cc21. The van der Waals surface area contributed by atoms with Gasteiger partial charge in [-0.1, -0.05) is 135 Å². The predicted molar refractivity (Wildman–Crippen MR) is 209 cm³/mol. The van der Waals surface area contributed by atoms with E-state index in [0.29, 0.717) is 17.5 Å². The van der Waals surface area contributed by atoms with Gasteiger partial charge in [-0.15, -0.1) is 0 Å². The minimum absolute atomic E-state index is 0.0800. The van der Waals surface area contributed by atoms with E-state index in [1.807, 2.05) is 42.6 Å². The zero-order valence-corrected chi connectivity index (χ0v) is 28.3. The number of hydrogen-bond acceptors (Lipinski definition) is 4. The van der Waals surface area contributed by atoms with E-state index in [0.717, 1.165) is 27.8 Å². The first kappa shape index (κ1) is 29.4. The summed E-state index contributed by atoms with van der Waals surface area (Å²) < 4.78 is 0. The van der Waals surface area contributed by atoms with E-state index in [2.05, 4.69) is 128 Å². The van der Waals surface area contributed by atoms with Crippen molar-refractivity contribution >= 4 is 32.3 Å². The Morgan fingerprint density at radius 1 is 0.373 bits per heavy atom. The summed E-state index contributed by atoms with van der Waals surface area (Å²) in [7, 11) is 0. The third-order valence-corrected chi connectivity index (χ3v) is 10.6. The molecule has 1 aliphatic rings. The molecule has 0 aliphatic heterocycles. The Labute approximate surface area is 296 Å². The van der Waals surface area contributed by atoms with Gasteiger partial charge in [0.2, 0.25) is 0 Å². The number of pyridine rings is 1. The minimum Gasteiger partial charge on any atom is -0.264 e. The molecular formula is C47H32N4. The summed E-state index contributed by atoms with van der Waals surface area (Å²) in [5.74, 6) is 1.93. The van der Waals surface area contributed by atoms with E-state index in [1.54, 1.807) is 6.20 Å². The van der Waals surface area contributed by atoms with Crippen molar-refractivity contribution in [1.29, 1.82) is 0 Å². The summed E-state index contributed by atoms with van der Waals surface area (Å²) in [5, 5.41) is 7.43. The van der Waals surface area contributed by atoms with E-state index in [-0.39, 0.29) is 5.41 Å². The smallest absolute Gasteiger partial charge is 0.164 e. The van der Waals surface area contributed by atoms with Crippen LogP contribution in [0.4, 0.5) is 0 Å². The van der Waals surface area contributed by atoms with Gasteiger partial charge in [-0.25, -0.2) is 15.0 Å². The Balaban J connectivity index is 1.17. The first-order valence-electron chi connectivity index (χ1n) is 17.4. The van der Waals surface area contributed by atoms with Crippen LogP contribution in [0, 0.1) is 0 Å². The second kappa shape index (κ2) is 11.3. The van der Waals surface area contributed by atoms with E-state index in [9.17, 15) is 0 Å². The molecule has 0 unspecified atom stereocenters. The topological polar surface area (TPSA) is 51.6 Å².